The molecule has 1 saturated carbocycles. The second-order valence-electron chi connectivity index (χ2n) is 13.4. The van der Waals surface area contributed by atoms with Crippen LogP contribution >= 0.6 is 0 Å². The molecular weight excluding hydrogens is 610 g/mol. The highest BCUT2D eigenvalue weighted by Crippen LogP contribution is 2.43. The van der Waals surface area contributed by atoms with E-state index in [0.717, 1.165) is 35.1 Å². The molecule has 6 rings (SSSR count). The lowest BCUT2D eigenvalue weighted by Gasteiger charge is -2.33. The fourth-order valence-electron chi connectivity index (χ4n) is 7.53. The van der Waals surface area contributed by atoms with E-state index in [2.05, 4.69) is 10.6 Å². The van der Waals surface area contributed by atoms with E-state index in [4.69, 9.17) is 9.47 Å². The summed E-state index contributed by atoms with van der Waals surface area (Å²) < 4.78 is 11.9. The first-order valence-corrected chi connectivity index (χ1v) is 16.9. The van der Waals surface area contributed by atoms with Crippen LogP contribution in [0.5, 0.6) is 5.75 Å². The zero-order chi connectivity index (χ0) is 33.8. The van der Waals surface area contributed by atoms with E-state index in [0.29, 0.717) is 30.7 Å². The smallest absolute Gasteiger partial charge is 0.254 e. The molecule has 2 heterocycles. The van der Waals surface area contributed by atoms with Gasteiger partial charge in [0.15, 0.2) is 0 Å². The Balaban J connectivity index is 1.20. The Morgan fingerprint density at radius 3 is 2.38 bits per heavy atom. The van der Waals surface area contributed by atoms with Crippen molar-refractivity contribution < 1.29 is 34.1 Å². The third-order valence-electron chi connectivity index (χ3n) is 10.2. The molecule has 10 nitrogen and oxygen atoms in total. The molecule has 1 spiro atoms. The number of nitrogens with zero attached hydrogens (tertiary/aromatic N) is 1. The summed E-state index contributed by atoms with van der Waals surface area (Å²) in [7, 11) is 0. The maximum absolute atomic E-state index is 14.0. The predicted molar refractivity (Wildman–Crippen MR) is 179 cm³/mol. The number of aliphatic hydroxyl groups excluding tert-OH is 2. The largest absolute Gasteiger partial charge is 0.490 e. The standard InChI is InChI=1S/C38H45N3O7/c1-24-11-10-12-25(2)29(24)21-39-36(45)34-38(17-8-9-18-38)48-23-41(34)37(46)30(42)20-27(19-26-13-4-3-5-14-26)35(44)40-33-28-15-6-7-16-32(28)47-22-31(33)43/h3-7,10-16,27,30-31,33-34,42-43H,8-9,17-23H2,1-2H3,(H,39,45)(H,40,44)/t27-,30+,31-,33+,34-/m1/s1. The van der Waals surface area contributed by atoms with Crippen LogP contribution in [0.3, 0.4) is 0 Å². The highest BCUT2D eigenvalue weighted by Gasteiger charge is 2.56. The highest BCUT2D eigenvalue weighted by atomic mass is 16.5. The molecule has 0 aromatic heterocycles. The van der Waals surface area contributed by atoms with Gasteiger partial charge in [0.05, 0.1) is 11.6 Å². The first-order chi connectivity index (χ1) is 23.2. The number of hydrogen-bond donors (Lipinski definition) is 4. The van der Waals surface area contributed by atoms with Crippen LogP contribution in [0.4, 0.5) is 0 Å². The molecule has 2 fully saturated rings. The molecule has 3 aliphatic rings. The Bertz CT molecular complexity index is 1600. The highest BCUT2D eigenvalue weighted by molar-refractivity contribution is 5.91. The summed E-state index contributed by atoms with van der Waals surface area (Å²) in [6.45, 7) is 4.23. The van der Waals surface area contributed by atoms with Crippen molar-refractivity contribution in [2.75, 3.05) is 13.3 Å². The van der Waals surface area contributed by atoms with Gasteiger partial charge in [0.1, 0.15) is 37.3 Å². The maximum Gasteiger partial charge on any atom is 0.254 e. The summed E-state index contributed by atoms with van der Waals surface area (Å²) in [5.74, 6) is -1.59. The van der Waals surface area contributed by atoms with Crippen LogP contribution in [0.1, 0.15) is 66.0 Å². The molecule has 2 aliphatic heterocycles. The van der Waals surface area contributed by atoms with Gasteiger partial charge in [-0.15, -0.1) is 0 Å². The molecular formula is C38H45N3O7. The second-order valence-corrected chi connectivity index (χ2v) is 13.4. The summed E-state index contributed by atoms with van der Waals surface area (Å²) in [6.07, 6.45) is 0.589. The molecule has 10 heteroatoms. The number of nitrogens with one attached hydrogen (secondary N) is 2. The van der Waals surface area contributed by atoms with Crippen LogP contribution in [0.2, 0.25) is 0 Å². The van der Waals surface area contributed by atoms with E-state index < -0.39 is 47.6 Å². The molecule has 254 valence electrons. The zero-order valence-corrected chi connectivity index (χ0v) is 27.6. The Morgan fingerprint density at radius 2 is 1.65 bits per heavy atom. The van der Waals surface area contributed by atoms with Gasteiger partial charge < -0.3 is 35.2 Å². The number of carbonyl (C=O) groups is 3. The second kappa shape index (κ2) is 14.5. The van der Waals surface area contributed by atoms with Gasteiger partial charge in [0.25, 0.3) is 5.91 Å². The number of para-hydroxylation sites is 1. The third kappa shape index (κ3) is 6.97. The van der Waals surface area contributed by atoms with Gasteiger partial charge in [-0.05, 0) is 67.9 Å². The molecule has 3 aromatic carbocycles. The van der Waals surface area contributed by atoms with Gasteiger partial charge in [-0.2, -0.15) is 0 Å². The molecule has 0 radical (unpaired) electrons. The molecule has 5 atom stereocenters. The normalized spacial score (nSPS) is 22.4. The minimum Gasteiger partial charge on any atom is -0.490 e. The van der Waals surface area contributed by atoms with Crippen molar-refractivity contribution in [2.24, 2.45) is 5.92 Å². The fraction of sp³-hybridized carbons (Fsp3) is 0.447. The van der Waals surface area contributed by atoms with E-state index in [9.17, 15) is 24.6 Å². The number of fused-ring (bicyclic) bond motifs is 1. The summed E-state index contributed by atoms with van der Waals surface area (Å²) in [4.78, 5) is 43.2. The van der Waals surface area contributed by atoms with Crippen LogP contribution in [0.15, 0.2) is 72.8 Å². The van der Waals surface area contributed by atoms with E-state index in [1.165, 1.54) is 4.90 Å². The number of carbonyl (C=O) groups excluding carboxylic acids is 3. The van der Waals surface area contributed by atoms with Crippen LogP contribution in [0, 0.1) is 19.8 Å². The molecule has 0 bridgehead atoms. The Morgan fingerprint density at radius 1 is 0.958 bits per heavy atom. The number of aliphatic hydroxyl groups is 2. The van der Waals surface area contributed by atoms with Gasteiger partial charge in [-0.3, -0.25) is 14.4 Å². The predicted octanol–water partition coefficient (Wildman–Crippen LogP) is 3.64. The number of rotatable bonds is 10. The number of amides is 3. The van der Waals surface area contributed by atoms with Gasteiger partial charge in [0.2, 0.25) is 11.8 Å². The minimum absolute atomic E-state index is 0.0238. The van der Waals surface area contributed by atoms with Crippen molar-refractivity contribution in [1.82, 2.24) is 15.5 Å². The van der Waals surface area contributed by atoms with Crippen molar-refractivity contribution in [3.8, 4) is 5.75 Å². The van der Waals surface area contributed by atoms with Crippen LogP contribution < -0.4 is 15.4 Å². The van der Waals surface area contributed by atoms with Gasteiger partial charge in [-0.1, -0.05) is 79.6 Å². The van der Waals surface area contributed by atoms with E-state index >= 15 is 0 Å². The monoisotopic (exact) mass is 655 g/mol. The molecule has 0 unspecified atom stereocenters. The average molecular weight is 656 g/mol. The Kier molecular flexibility index (Phi) is 10.1. The number of ether oxygens (including phenoxy) is 2. The van der Waals surface area contributed by atoms with E-state index in [-0.39, 0.29) is 32.1 Å². The third-order valence-corrected chi connectivity index (χ3v) is 10.2. The molecule has 3 amide bonds. The van der Waals surface area contributed by atoms with Crippen LogP contribution in [-0.4, -0.2) is 70.0 Å². The molecule has 1 aliphatic carbocycles. The van der Waals surface area contributed by atoms with Crippen molar-refractivity contribution in [3.63, 3.8) is 0 Å². The molecule has 1 saturated heterocycles. The molecule has 3 aromatic rings. The summed E-state index contributed by atoms with van der Waals surface area (Å²) in [5, 5.41) is 28.3. The first-order valence-electron chi connectivity index (χ1n) is 16.9. The van der Waals surface area contributed by atoms with Gasteiger partial charge in [0, 0.05) is 18.0 Å². The van der Waals surface area contributed by atoms with Crippen molar-refractivity contribution in [1.29, 1.82) is 0 Å². The van der Waals surface area contributed by atoms with Crippen molar-refractivity contribution in [3.05, 3.63) is 101 Å². The fourth-order valence-corrected chi connectivity index (χ4v) is 7.53. The zero-order valence-electron chi connectivity index (χ0n) is 27.6. The topological polar surface area (TPSA) is 137 Å². The van der Waals surface area contributed by atoms with Gasteiger partial charge in [-0.25, -0.2) is 0 Å². The average Bonchev–Trinajstić information content (AvgIpc) is 3.72. The van der Waals surface area contributed by atoms with E-state index in [1.807, 2.05) is 74.5 Å². The lowest BCUT2D eigenvalue weighted by molar-refractivity contribution is -0.147. The lowest BCUT2D eigenvalue weighted by Crippen LogP contribution is -2.56. The lowest BCUT2D eigenvalue weighted by atomic mass is 9.89. The Labute approximate surface area is 281 Å². The quantitative estimate of drug-likeness (QED) is 0.262. The van der Waals surface area contributed by atoms with Crippen molar-refractivity contribution in [2.45, 2.75) is 88.8 Å². The first kappa shape index (κ1) is 33.6. The number of benzene rings is 3. The summed E-state index contributed by atoms with van der Waals surface area (Å²) >= 11 is 0. The van der Waals surface area contributed by atoms with Gasteiger partial charge >= 0.3 is 0 Å². The molecule has 48 heavy (non-hydrogen) atoms. The van der Waals surface area contributed by atoms with E-state index in [1.54, 1.807) is 12.1 Å². The van der Waals surface area contributed by atoms with Crippen LogP contribution in [-0.2, 0) is 32.1 Å². The van der Waals surface area contributed by atoms with Crippen LogP contribution in [0.25, 0.3) is 0 Å². The SMILES string of the molecule is Cc1cccc(C)c1CNC(=O)[C@H]1N(C(=O)[C@@H](O)C[C@@H](Cc2ccccc2)C(=O)N[C@H]2c3ccccc3OC[C@H]2O)COC12CCCC2. The molecule has 4 N–H and O–H groups in total. The number of aryl methyl sites for hydroxylation is 2. The number of hydrogen-bond acceptors (Lipinski definition) is 7. The minimum atomic E-state index is -1.56. The Hall–Kier alpha value is -4.25. The summed E-state index contributed by atoms with van der Waals surface area (Å²) in [5.41, 5.74) is 3.87. The van der Waals surface area contributed by atoms with Crippen molar-refractivity contribution >= 4 is 17.7 Å². The summed E-state index contributed by atoms with van der Waals surface area (Å²) in [6, 6.07) is 21.0. The maximum atomic E-state index is 14.0.